The summed E-state index contributed by atoms with van der Waals surface area (Å²) in [5.74, 6) is 1.11. The zero-order valence-corrected chi connectivity index (χ0v) is 11.6. The summed E-state index contributed by atoms with van der Waals surface area (Å²) in [6, 6.07) is 1.91. The van der Waals surface area contributed by atoms with Crippen molar-refractivity contribution in [3.8, 4) is 11.5 Å². The van der Waals surface area contributed by atoms with Crippen molar-refractivity contribution >= 4 is 0 Å². The van der Waals surface area contributed by atoms with E-state index in [2.05, 4.69) is 25.7 Å². The van der Waals surface area contributed by atoms with Gasteiger partial charge in [0.15, 0.2) is 5.82 Å². The second-order valence-electron chi connectivity index (χ2n) is 4.74. The number of nitrogens with one attached hydrogen (secondary N) is 1. The fourth-order valence-corrected chi connectivity index (χ4v) is 2.18. The van der Waals surface area contributed by atoms with Gasteiger partial charge >= 0.3 is 0 Å². The van der Waals surface area contributed by atoms with Crippen molar-refractivity contribution in [3.63, 3.8) is 0 Å². The van der Waals surface area contributed by atoms with Gasteiger partial charge in [-0.2, -0.15) is 15.2 Å². The molecule has 0 saturated carbocycles. The maximum absolute atomic E-state index is 5.41. The van der Waals surface area contributed by atoms with Gasteiger partial charge in [-0.1, -0.05) is 12.1 Å². The maximum atomic E-state index is 5.41. The maximum Gasteiger partial charge on any atom is 0.259 e. The smallest absolute Gasteiger partial charge is 0.259 e. The van der Waals surface area contributed by atoms with E-state index >= 15 is 0 Å². The number of hydrogen-bond donors (Lipinski definition) is 1. The molecule has 7 heteroatoms. The molecule has 106 valence electrons. The summed E-state index contributed by atoms with van der Waals surface area (Å²) in [5.41, 5.74) is 2.55. The highest BCUT2D eigenvalue weighted by atomic mass is 16.5. The lowest BCUT2D eigenvalue weighted by molar-refractivity contribution is 0.0734. The van der Waals surface area contributed by atoms with E-state index in [1.807, 2.05) is 19.9 Å². The number of morpholine rings is 1. The normalized spacial score (nSPS) is 19.2. The van der Waals surface area contributed by atoms with Gasteiger partial charge in [0.05, 0.1) is 36.2 Å². The predicted octanol–water partition coefficient (Wildman–Crippen LogP) is 1.06. The summed E-state index contributed by atoms with van der Waals surface area (Å²) >= 11 is 0. The van der Waals surface area contributed by atoms with Crippen molar-refractivity contribution < 1.29 is 9.26 Å². The Balaban J connectivity index is 1.91. The second kappa shape index (κ2) is 5.64. The van der Waals surface area contributed by atoms with Crippen LogP contribution in [-0.2, 0) is 11.2 Å². The van der Waals surface area contributed by atoms with Crippen LogP contribution >= 0.6 is 0 Å². The Morgan fingerprint density at radius 1 is 1.40 bits per heavy atom. The predicted molar refractivity (Wildman–Crippen MR) is 71.0 cm³/mol. The third-order valence-electron chi connectivity index (χ3n) is 3.23. The standard InChI is InChI=1S/C13H17N5O2/c1-3-10-9(6-8(2)16-17-10)13-15-12(18-20-13)11-7-19-5-4-14-11/h6,11,14H,3-5,7H2,1-2H3. The summed E-state index contributed by atoms with van der Waals surface area (Å²) in [7, 11) is 0. The Morgan fingerprint density at radius 3 is 3.05 bits per heavy atom. The topological polar surface area (TPSA) is 86.0 Å². The molecule has 0 bridgehead atoms. The average Bonchev–Trinajstić information content (AvgIpc) is 2.98. The minimum atomic E-state index is -0.0118. The van der Waals surface area contributed by atoms with E-state index in [1.54, 1.807) is 0 Å². The minimum Gasteiger partial charge on any atom is -0.378 e. The van der Waals surface area contributed by atoms with Crippen LogP contribution in [0.25, 0.3) is 11.5 Å². The number of aromatic nitrogens is 4. The lowest BCUT2D eigenvalue weighted by Crippen LogP contribution is -2.35. The molecule has 1 fully saturated rings. The third kappa shape index (κ3) is 2.54. The van der Waals surface area contributed by atoms with Gasteiger partial charge in [-0.3, -0.25) is 0 Å². The molecule has 0 radical (unpaired) electrons. The highest BCUT2D eigenvalue weighted by molar-refractivity contribution is 5.56. The Bertz CT molecular complexity index is 592. The van der Waals surface area contributed by atoms with Gasteiger partial charge in [0, 0.05) is 6.54 Å². The number of nitrogens with zero attached hydrogens (tertiary/aromatic N) is 4. The van der Waals surface area contributed by atoms with Gasteiger partial charge in [-0.15, -0.1) is 0 Å². The number of ether oxygens (including phenoxy) is 1. The first-order chi connectivity index (χ1) is 9.78. The summed E-state index contributed by atoms with van der Waals surface area (Å²) in [5, 5.41) is 15.6. The monoisotopic (exact) mass is 275 g/mol. The largest absolute Gasteiger partial charge is 0.378 e. The lowest BCUT2D eigenvalue weighted by Gasteiger charge is -2.20. The number of hydrogen-bond acceptors (Lipinski definition) is 7. The SMILES string of the molecule is CCc1nnc(C)cc1-c1nc(C2COCCN2)no1. The highest BCUT2D eigenvalue weighted by Gasteiger charge is 2.22. The first kappa shape index (κ1) is 13.1. The van der Waals surface area contributed by atoms with Gasteiger partial charge in [0.1, 0.15) is 0 Å². The van der Waals surface area contributed by atoms with Crippen LogP contribution in [0, 0.1) is 6.92 Å². The van der Waals surface area contributed by atoms with Crippen LogP contribution in [-0.4, -0.2) is 40.1 Å². The molecule has 1 aliphatic rings. The van der Waals surface area contributed by atoms with E-state index in [0.29, 0.717) is 24.9 Å². The number of rotatable bonds is 3. The third-order valence-corrected chi connectivity index (χ3v) is 3.23. The van der Waals surface area contributed by atoms with Gasteiger partial charge in [-0.05, 0) is 19.4 Å². The van der Waals surface area contributed by atoms with E-state index in [4.69, 9.17) is 9.26 Å². The van der Waals surface area contributed by atoms with Crippen molar-refractivity contribution in [2.45, 2.75) is 26.3 Å². The van der Waals surface area contributed by atoms with E-state index in [1.165, 1.54) is 0 Å². The molecule has 2 aromatic heterocycles. The molecule has 20 heavy (non-hydrogen) atoms. The number of aryl methyl sites for hydroxylation is 2. The van der Waals surface area contributed by atoms with Crippen LogP contribution < -0.4 is 5.32 Å². The van der Waals surface area contributed by atoms with Crippen molar-refractivity contribution in [1.82, 2.24) is 25.7 Å². The molecule has 0 spiro atoms. The molecule has 1 atom stereocenters. The fraction of sp³-hybridized carbons (Fsp3) is 0.538. The summed E-state index contributed by atoms with van der Waals surface area (Å²) in [6.45, 7) is 5.99. The molecule has 1 unspecified atom stereocenters. The van der Waals surface area contributed by atoms with E-state index in [0.717, 1.165) is 29.9 Å². The quantitative estimate of drug-likeness (QED) is 0.896. The average molecular weight is 275 g/mol. The first-order valence-electron chi connectivity index (χ1n) is 6.76. The van der Waals surface area contributed by atoms with Crippen molar-refractivity contribution in [1.29, 1.82) is 0 Å². The lowest BCUT2D eigenvalue weighted by atomic mass is 10.1. The second-order valence-corrected chi connectivity index (χ2v) is 4.74. The van der Waals surface area contributed by atoms with Crippen LogP contribution in [0.2, 0.25) is 0 Å². The van der Waals surface area contributed by atoms with Crippen LogP contribution in [0.5, 0.6) is 0 Å². The molecule has 3 rings (SSSR count). The molecule has 7 nitrogen and oxygen atoms in total. The summed E-state index contributed by atoms with van der Waals surface area (Å²) < 4.78 is 10.8. The molecule has 0 aliphatic carbocycles. The Kier molecular flexibility index (Phi) is 3.70. The van der Waals surface area contributed by atoms with Crippen LogP contribution in [0.15, 0.2) is 10.6 Å². The summed E-state index contributed by atoms with van der Waals surface area (Å²) in [6.07, 6.45) is 0.769. The summed E-state index contributed by atoms with van der Waals surface area (Å²) in [4.78, 5) is 4.47. The molecule has 0 aromatic carbocycles. The fourth-order valence-electron chi connectivity index (χ4n) is 2.18. The zero-order valence-electron chi connectivity index (χ0n) is 11.6. The molecule has 0 amide bonds. The van der Waals surface area contributed by atoms with E-state index in [-0.39, 0.29) is 6.04 Å². The zero-order chi connectivity index (χ0) is 13.9. The van der Waals surface area contributed by atoms with Crippen molar-refractivity contribution in [2.24, 2.45) is 0 Å². The minimum absolute atomic E-state index is 0.0118. The van der Waals surface area contributed by atoms with Crippen molar-refractivity contribution in [3.05, 3.63) is 23.3 Å². The van der Waals surface area contributed by atoms with Gasteiger partial charge in [-0.25, -0.2) is 0 Å². The van der Waals surface area contributed by atoms with Gasteiger partial charge in [0.2, 0.25) is 0 Å². The molecule has 1 N–H and O–H groups in total. The Labute approximate surface area is 116 Å². The van der Waals surface area contributed by atoms with Crippen LogP contribution in [0.3, 0.4) is 0 Å². The van der Waals surface area contributed by atoms with Crippen LogP contribution in [0.1, 0.15) is 30.2 Å². The molecule has 2 aromatic rings. The van der Waals surface area contributed by atoms with Crippen LogP contribution in [0.4, 0.5) is 0 Å². The molecule has 1 saturated heterocycles. The van der Waals surface area contributed by atoms with Gasteiger partial charge < -0.3 is 14.6 Å². The Morgan fingerprint density at radius 2 is 2.30 bits per heavy atom. The Hall–Kier alpha value is -1.86. The van der Waals surface area contributed by atoms with E-state index < -0.39 is 0 Å². The molecule has 3 heterocycles. The van der Waals surface area contributed by atoms with E-state index in [9.17, 15) is 0 Å². The molecule has 1 aliphatic heterocycles. The van der Waals surface area contributed by atoms with Crippen molar-refractivity contribution in [2.75, 3.05) is 19.8 Å². The highest BCUT2D eigenvalue weighted by Crippen LogP contribution is 2.23. The molecular formula is C13H17N5O2. The first-order valence-corrected chi connectivity index (χ1v) is 6.76. The van der Waals surface area contributed by atoms with Gasteiger partial charge in [0.25, 0.3) is 5.89 Å². The molecular weight excluding hydrogens is 258 g/mol.